The molecule has 0 aliphatic carbocycles. The van der Waals surface area contributed by atoms with Crippen molar-refractivity contribution >= 4 is 12.0 Å². The molecule has 0 bridgehead atoms. The third-order valence-electron chi connectivity index (χ3n) is 3.18. The maximum atomic E-state index is 12.3. The summed E-state index contributed by atoms with van der Waals surface area (Å²) >= 11 is 0. The Balaban J connectivity index is 2.63. The largest absolute Gasteiger partial charge is 0.453 e. The second kappa shape index (κ2) is 6.58. The average Bonchev–Trinajstić information content (AvgIpc) is 2.83. The third-order valence-corrected chi connectivity index (χ3v) is 3.18. The van der Waals surface area contributed by atoms with Crippen molar-refractivity contribution in [3.8, 4) is 0 Å². The van der Waals surface area contributed by atoms with E-state index in [4.69, 9.17) is 4.74 Å². The van der Waals surface area contributed by atoms with Crippen LogP contribution in [0.3, 0.4) is 0 Å². The monoisotopic (exact) mass is 258 g/mol. The second-order valence-corrected chi connectivity index (χ2v) is 4.79. The van der Waals surface area contributed by atoms with Gasteiger partial charge in [0.05, 0.1) is 13.2 Å². The zero-order chi connectivity index (χ0) is 13.7. The van der Waals surface area contributed by atoms with Crippen molar-refractivity contribution in [1.82, 2.24) is 10.2 Å². The highest BCUT2D eigenvalue weighted by atomic mass is 16.5. The molecule has 1 aliphatic rings. The smallest absolute Gasteiger partial charge is 0.407 e. The fourth-order valence-corrected chi connectivity index (χ4v) is 2.02. The summed E-state index contributed by atoms with van der Waals surface area (Å²) in [6, 6.07) is -0.548. The lowest BCUT2D eigenvalue weighted by molar-refractivity contribution is -0.133. The van der Waals surface area contributed by atoms with Crippen LogP contribution < -0.4 is 5.32 Å². The predicted octanol–water partition coefficient (Wildman–Crippen LogP) is 0.614. The van der Waals surface area contributed by atoms with E-state index in [1.54, 1.807) is 12.0 Å². The van der Waals surface area contributed by atoms with Crippen molar-refractivity contribution in [2.45, 2.75) is 32.4 Å². The number of likely N-dealkylation sites (tertiary alicyclic amines) is 1. The first-order valence-corrected chi connectivity index (χ1v) is 6.15. The van der Waals surface area contributed by atoms with Gasteiger partial charge >= 0.3 is 6.09 Å². The lowest BCUT2D eigenvalue weighted by atomic mass is 10.0. The minimum absolute atomic E-state index is 0.0122. The molecule has 2 atom stereocenters. The van der Waals surface area contributed by atoms with Crippen LogP contribution in [0.5, 0.6) is 0 Å². The first-order chi connectivity index (χ1) is 8.49. The van der Waals surface area contributed by atoms with E-state index in [1.807, 2.05) is 13.8 Å². The van der Waals surface area contributed by atoms with Gasteiger partial charge in [0.2, 0.25) is 5.91 Å². The standard InChI is InChI=1S/C12H22N2O4/c1-8(2)10(13-12(16)18-4)11(15)14-6-5-9(7-14)17-3/h8-10H,5-7H2,1-4H3,(H,13,16)/t9-,10?/m0/s1. The van der Waals surface area contributed by atoms with Gasteiger partial charge in [-0.3, -0.25) is 4.79 Å². The number of nitrogens with one attached hydrogen (secondary N) is 1. The zero-order valence-corrected chi connectivity index (χ0v) is 11.4. The molecule has 2 amide bonds. The molecule has 1 fully saturated rings. The van der Waals surface area contributed by atoms with Gasteiger partial charge < -0.3 is 19.7 Å². The van der Waals surface area contributed by atoms with Crippen molar-refractivity contribution in [2.75, 3.05) is 27.3 Å². The Hall–Kier alpha value is -1.30. The highest BCUT2D eigenvalue weighted by Gasteiger charge is 2.33. The Bertz CT molecular complexity index is 306. The molecule has 0 aromatic heterocycles. The Labute approximate surface area is 108 Å². The van der Waals surface area contributed by atoms with E-state index in [2.05, 4.69) is 10.1 Å². The van der Waals surface area contributed by atoms with Crippen molar-refractivity contribution in [3.63, 3.8) is 0 Å². The van der Waals surface area contributed by atoms with E-state index in [0.29, 0.717) is 13.1 Å². The summed E-state index contributed by atoms with van der Waals surface area (Å²) in [5.74, 6) is -0.0619. The normalized spacial score (nSPS) is 20.9. The van der Waals surface area contributed by atoms with Crippen LogP contribution in [-0.2, 0) is 14.3 Å². The molecule has 0 radical (unpaired) electrons. The molecule has 0 aromatic carbocycles. The fourth-order valence-electron chi connectivity index (χ4n) is 2.02. The number of nitrogens with zero attached hydrogens (tertiary/aromatic N) is 1. The van der Waals surface area contributed by atoms with Crippen LogP contribution in [0.2, 0.25) is 0 Å². The Kier molecular flexibility index (Phi) is 5.40. The van der Waals surface area contributed by atoms with E-state index in [0.717, 1.165) is 6.42 Å². The minimum atomic E-state index is -0.579. The van der Waals surface area contributed by atoms with E-state index < -0.39 is 12.1 Å². The molecule has 0 spiro atoms. The van der Waals surface area contributed by atoms with Gasteiger partial charge in [-0.05, 0) is 12.3 Å². The molecule has 18 heavy (non-hydrogen) atoms. The lowest BCUT2D eigenvalue weighted by Crippen LogP contribution is -2.50. The molecule has 104 valence electrons. The average molecular weight is 258 g/mol. The fraction of sp³-hybridized carbons (Fsp3) is 0.833. The molecule has 6 nitrogen and oxygen atoms in total. The summed E-state index contributed by atoms with van der Waals surface area (Å²) in [5.41, 5.74) is 0. The van der Waals surface area contributed by atoms with Crippen LogP contribution in [0.4, 0.5) is 4.79 Å². The second-order valence-electron chi connectivity index (χ2n) is 4.79. The molecule has 0 saturated carbocycles. The molecule has 1 aliphatic heterocycles. The highest BCUT2D eigenvalue weighted by Crippen LogP contribution is 2.15. The molecule has 6 heteroatoms. The zero-order valence-electron chi connectivity index (χ0n) is 11.4. The number of alkyl carbamates (subject to hydrolysis) is 1. The summed E-state index contributed by atoms with van der Waals surface area (Å²) in [7, 11) is 2.93. The topological polar surface area (TPSA) is 67.9 Å². The van der Waals surface area contributed by atoms with Gasteiger partial charge in [0.1, 0.15) is 6.04 Å². The molecular weight excluding hydrogens is 236 g/mol. The summed E-state index contributed by atoms with van der Waals surface area (Å²) in [6.45, 7) is 5.04. The first kappa shape index (κ1) is 14.8. The highest BCUT2D eigenvalue weighted by molar-refractivity contribution is 5.86. The molecule has 1 heterocycles. The Morgan fingerprint density at radius 3 is 2.44 bits per heavy atom. The van der Waals surface area contributed by atoms with Crippen LogP contribution in [0, 0.1) is 5.92 Å². The van der Waals surface area contributed by atoms with Gasteiger partial charge in [0.25, 0.3) is 0 Å². The van der Waals surface area contributed by atoms with Crippen molar-refractivity contribution in [1.29, 1.82) is 0 Å². The summed E-state index contributed by atoms with van der Waals surface area (Å²) in [4.78, 5) is 25.3. The number of hydrogen-bond donors (Lipinski definition) is 1. The van der Waals surface area contributed by atoms with Crippen LogP contribution in [0.25, 0.3) is 0 Å². The number of ether oxygens (including phenoxy) is 2. The molecule has 0 aromatic rings. The molecule has 1 saturated heterocycles. The van der Waals surface area contributed by atoms with Crippen LogP contribution in [-0.4, -0.2) is 56.4 Å². The van der Waals surface area contributed by atoms with E-state index >= 15 is 0 Å². The van der Waals surface area contributed by atoms with Gasteiger partial charge in [-0.1, -0.05) is 13.8 Å². The lowest BCUT2D eigenvalue weighted by Gasteiger charge is -2.26. The van der Waals surface area contributed by atoms with Gasteiger partial charge in [0, 0.05) is 20.2 Å². The number of rotatable bonds is 4. The van der Waals surface area contributed by atoms with Gasteiger partial charge in [-0.25, -0.2) is 4.79 Å². The van der Waals surface area contributed by atoms with Crippen LogP contribution in [0.15, 0.2) is 0 Å². The van der Waals surface area contributed by atoms with Crippen molar-refractivity contribution in [2.24, 2.45) is 5.92 Å². The van der Waals surface area contributed by atoms with Gasteiger partial charge in [-0.15, -0.1) is 0 Å². The van der Waals surface area contributed by atoms with Gasteiger partial charge in [0.15, 0.2) is 0 Å². The van der Waals surface area contributed by atoms with Gasteiger partial charge in [-0.2, -0.15) is 0 Å². The number of carbonyl (C=O) groups excluding carboxylic acids is 2. The van der Waals surface area contributed by atoms with E-state index in [-0.39, 0.29) is 17.9 Å². The quantitative estimate of drug-likeness (QED) is 0.802. The summed E-state index contributed by atoms with van der Waals surface area (Å²) < 4.78 is 9.77. The van der Waals surface area contributed by atoms with E-state index in [9.17, 15) is 9.59 Å². The summed E-state index contributed by atoms with van der Waals surface area (Å²) in [5, 5.41) is 2.58. The predicted molar refractivity (Wildman–Crippen MR) is 66.2 cm³/mol. The Morgan fingerprint density at radius 1 is 1.33 bits per heavy atom. The molecule has 1 rings (SSSR count). The molecule has 1 N–H and O–H groups in total. The SMILES string of the molecule is COC(=O)NC(C(=O)N1CC[C@H](OC)C1)C(C)C. The van der Waals surface area contributed by atoms with E-state index in [1.165, 1.54) is 7.11 Å². The number of methoxy groups -OCH3 is 2. The van der Waals surface area contributed by atoms with Crippen LogP contribution >= 0.6 is 0 Å². The van der Waals surface area contributed by atoms with Crippen LogP contribution in [0.1, 0.15) is 20.3 Å². The number of amides is 2. The maximum absolute atomic E-state index is 12.3. The first-order valence-electron chi connectivity index (χ1n) is 6.15. The number of carbonyl (C=O) groups is 2. The molecular formula is C12H22N2O4. The summed E-state index contributed by atoms with van der Waals surface area (Å²) in [6.07, 6.45) is 0.357. The Morgan fingerprint density at radius 2 is 2.00 bits per heavy atom. The minimum Gasteiger partial charge on any atom is -0.453 e. The molecule has 1 unspecified atom stereocenters. The van der Waals surface area contributed by atoms with Crippen molar-refractivity contribution in [3.05, 3.63) is 0 Å². The van der Waals surface area contributed by atoms with Crippen molar-refractivity contribution < 1.29 is 19.1 Å². The number of hydrogen-bond acceptors (Lipinski definition) is 4. The maximum Gasteiger partial charge on any atom is 0.407 e. The third kappa shape index (κ3) is 3.60.